The summed E-state index contributed by atoms with van der Waals surface area (Å²) in [7, 11) is 0. The summed E-state index contributed by atoms with van der Waals surface area (Å²) in [5.74, 6) is 0.877. The van der Waals surface area contributed by atoms with Crippen molar-refractivity contribution in [1.82, 2.24) is 4.90 Å². The number of carbonyl (C=O) groups is 1. The fraction of sp³-hybridized carbons (Fsp3) is 0.562. The molecule has 0 spiro atoms. The summed E-state index contributed by atoms with van der Waals surface area (Å²) in [6, 6.07) is 10.7. The SMILES string of the molecule is CC(N)CCC(=O)N1CCC(c2ccccc2)CC1. The minimum atomic E-state index is 0.116. The number of benzene rings is 1. The zero-order chi connectivity index (χ0) is 13.7. The van der Waals surface area contributed by atoms with E-state index in [0.29, 0.717) is 12.3 Å². The summed E-state index contributed by atoms with van der Waals surface area (Å²) in [4.78, 5) is 14.0. The Bertz CT molecular complexity index is 394. The number of piperidine rings is 1. The summed E-state index contributed by atoms with van der Waals surface area (Å²) in [6.45, 7) is 3.73. The Labute approximate surface area is 115 Å². The third-order valence-electron chi connectivity index (χ3n) is 3.93. The van der Waals surface area contributed by atoms with Crippen LogP contribution in [0.5, 0.6) is 0 Å². The molecule has 1 amide bonds. The van der Waals surface area contributed by atoms with Gasteiger partial charge < -0.3 is 10.6 Å². The molecular formula is C16H24N2O. The number of nitrogens with two attached hydrogens (primary N) is 1. The van der Waals surface area contributed by atoms with E-state index in [1.165, 1.54) is 5.56 Å². The van der Waals surface area contributed by atoms with Crippen LogP contribution in [0.1, 0.15) is 44.1 Å². The number of hydrogen-bond donors (Lipinski definition) is 1. The number of hydrogen-bond acceptors (Lipinski definition) is 2. The van der Waals surface area contributed by atoms with E-state index in [1.54, 1.807) is 0 Å². The summed E-state index contributed by atoms with van der Waals surface area (Å²) < 4.78 is 0. The first-order valence-electron chi connectivity index (χ1n) is 7.25. The lowest BCUT2D eigenvalue weighted by Gasteiger charge is -2.32. The van der Waals surface area contributed by atoms with Gasteiger partial charge in [0.1, 0.15) is 0 Å². The molecule has 1 aromatic rings. The van der Waals surface area contributed by atoms with E-state index < -0.39 is 0 Å². The summed E-state index contributed by atoms with van der Waals surface area (Å²) >= 11 is 0. The molecule has 2 rings (SSSR count). The molecule has 3 nitrogen and oxygen atoms in total. The molecule has 1 saturated heterocycles. The van der Waals surface area contributed by atoms with Crippen molar-refractivity contribution >= 4 is 5.91 Å². The van der Waals surface area contributed by atoms with Gasteiger partial charge >= 0.3 is 0 Å². The van der Waals surface area contributed by atoms with Crippen LogP contribution in [0.3, 0.4) is 0 Å². The molecule has 1 atom stereocenters. The molecule has 1 heterocycles. The molecule has 1 aliphatic rings. The van der Waals surface area contributed by atoms with Crippen LogP contribution in [0, 0.1) is 0 Å². The number of likely N-dealkylation sites (tertiary alicyclic amines) is 1. The summed E-state index contributed by atoms with van der Waals surface area (Å²) in [5, 5.41) is 0. The number of nitrogens with zero attached hydrogens (tertiary/aromatic N) is 1. The lowest BCUT2D eigenvalue weighted by Crippen LogP contribution is -2.38. The molecule has 0 aliphatic carbocycles. The molecular weight excluding hydrogens is 236 g/mol. The van der Waals surface area contributed by atoms with Crippen molar-refractivity contribution in [3.8, 4) is 0 Å². The van der Waals surface area contributed by atoms with E-state index in [-0.39, 0.29) is 11.9 Å². The van der Waals surface area contributed by atoms with Crippen LogP contribution in [0.25, 0.3) is 0 Å². The van der Waals surface area contributed by atoms with E-state index >= 15 is 0 Å². The molecule has 1 aromatic carbocycles. The minimum Gasteiger partial charge on any atom is -0.343 e. The molecule has 19 heavy (non-hydrogen) atoms. The Hall–Kier alpha value is -1.35. The van der Waals surface area contributed by atoms with Gasteiger partial charge in [0.2, 0.25) is 5.91 Å². The van der Waals surface area contributed by atoms with Crippen LogP contribution >= 0.6 is 0 Å². The lowest BCUT2D eigenvalue weighted by atomic mass is 9.89. The highest BCUT2D eigenvalue weighted by Crippen LogP contribution is 2.27. The lowest BCUT2D eigenvalue weighted by molar-refractivity contribution is -0.132. The van der Waals surface area contributed by atoms with E-state index in [0.717, 1.165) is 32.4 Å². The normalized spacial score (nSPS) is 18.3. The second-order valence-electron chi connectivity index (χ2n) is 5.58. The van der Waals surface area contributed by atoms with Crippen LogP contribution in [0.2, 0.25) is 0 Å². The molecule has 0 radical (unpaired) electrons. The number of rotatable bonds is 4. The third kappa shape index (κ3) is 4.06. The zero-order valence-corrected chi connectivity index (χ0v) is 11.7. The minimum absolute atomic E-state index is 0.116. The van der Waals surface area contributed by atoms with Gasteiger partial charge in [-0.15, -0.1) is 0 Å². The molecule has 0 bridgehead atoms. The molecule has 2 N–H and O–H groups in total. The molecule has 1 aliphatic heterocycles. The topological polar surface area (TPSA) is 46.3 Å². The van der Waals surface area contributed by atoms with Gasteiger partial charge in [-0.1, -0.05) is 30.3 Å². The first kappa shape index (κ1) is 14.1. The predicted octanol–water partition coefficient (Wildman–Crippen LogP) is 2.52. The van der Waals surface area contributed by atoms with Gasteiger partial charge in [-0.3, -0.25) is 4.79 Å². The maximum Gasteiger partial charge on any atom is 0.222 e. The summed E-state index contributed by atoms with van der Waals surface area (Å²) in [5.41, 5.74) is 7.11. The Balaban J connectivity index is 1.81. The zero-order valence-electron chi connectivity index (χ0n) is 11.7. The van der Waals surface area contributed by atoms with Crippen molar-refractivity contribution in [3.63, 3.8) is 0 Å². The average molecular weight is 260 g/mol. The van der Waals surface area contributed by atoms with Crippen molar-refractivity contribution in [2.45, 2.75) is 44.6 Å². The van der Waals surface area contributed by atoms with Crippen LogP contribution in [0.4, 0.5) is 0 Å². The fourth-order valence-corrected chi connectivity index (χ4v) is 2.70. The molecule has 1 fully saturated rings. The standard InChI is InChI=1S/C16H24N2O/c1-13(17)7-8-16(19)18-11-9-15(10-12-18)14-5-3-2-4-6-14/h2-6,13,15H,7-12,17H2,1H3. The van der Waals surface area contributed by atoms with Gasteiger partial charge in [-0.05, 0) is 37.7 Å². The van der Waals surface area contributed by atoms with Gasteiger partial charge in [-0.2, -0.15) is 0 Å². The van der Waals surface area contributed by atoms with E-state index in [2.05, 4.69) is 30.3 Å². The van der Waals surface area contributed by atoms with E-state index in [1.807, 2.05) is 11.8 Å². The molecule has 1 unspecified atom stereocenters. The van der Waals surface area contributed by atoms with Crippen molar-refractivity contribution < 1.29 is 4.79 Å². The fourth-order valence-electron chi connectivity index (χ4n) is 2.70. The average Bonchev–Trinajstić information content (AvgIpc) is 2.46. The highest BCUT2D eigenvalue weighted by atomic mass is 16.2. The van der Waals surface area contributed by atoms with Gasteiger partial charge in [-0.25, -0.2) is 0 Å². The Morgan fingerprint density at radius 3 is 2.53 bits per heavy atom. The Morgan fingerprint density at radius 2 is 1.95 bits per heavy atom. The molecule has 0 aromatic heterocycles. The van der Waals surface area contributed by atoms with Crippen LogP contribution in [-0.4, -0.2) is 29.9 Å². The van der Waals surface area contributed by atoms with Crippen LogP contribution < -0.4 is 5.73 Å². The predicted molar refractivity (Wildman–Crippen MR) is 77.9 cm³/mol. The van der Waals surface area contributed by atoms with E-state index in [4.69, 9.17) is 5.73 Å². The maximum absolute atomic E-state index is 12.0. The highest BCUT2D eigenvalue weighted by Gasteiger charge is 2.23. The third-order valence-corrected chi connectivity index (χ3v) is 3.93. The molecule has 0 saturated carbocycles. The Morgan fingerprint density at radius 1 is 1.32 bits per heavy atom. The van der Waals surface area contributed by atoms with Gasteiger partial charge in [0.05, 0.1) is 0 Å². The number of amides is 1. The smallest absolute Gasteiger partial charge is 0.222 e. The van der Waals surface area contributed by atoms with Crippen molar-refractivity contribution in [3.05, 3.63) is 35.9 Å². The monoisotopic (exact) mass is 260 g/mol. The maximum atomic E-state index is 12.0. The van der Waals surface area contributed by atoms with Crippen molar-refractivity contribution in [2.75, 3.05) is 13.1 Å². The van der Waals surface area contributed by atoms with Gasteiger partial charge in [0.25, 0.3) is 0 Å². The number of carbonyl (C=O) groups excluding carboxylic acids is 1. The summed E-state index contributed by atoms with van der Waals surface area (Å²) in [6.07, 6.45) is 3.53. The van der Waals surface area contributed by atoms with Crippen LogP contribution in [0.15, 0.2) is 30.3 Å². The van der Waals surface area contributed by atoms with E-state index in [9.17, 15) is 4.79 Å². The molecule has 3 heteroatoms. The van der Waals surface area contributed by atoms with Gasteiger partial charge in [0, 0.05) is 25.6 Å². The van der Waals surface area contributed by atoms with Crippen molar-refractivity contribution in [1.29, 1.82) is 0 Å². The molecule has 104 valence electrons. The van der Waals surface area contributed by atoms with Crippen molar-refractivity contribution in [2.24, 2.45) is 5.73 Å². The largest absolute Gasteiger partial charge is 0.343 e. The first-order chi connectivity index (χ1) is 9.16. The first-order valence-corrected chi connectivity index (χ1v) is 7.25. The Kier molecular flexibility index (Phi) is 4.97. The highest BCUT2D eigenvalue weighted by molar-refractivity contribution is 5.76. The second kappa shape index (κ2) is 6.71. The van der Waals surface area contributed by atoms with Gasteiger partial charge in [0.15, 0.2) is 0 Å². The van der Waals surface area contributed by atoms with Crippen LogP contribution in [-0.2, 0) is 4.79 Å². The second-order valence-corrected chi connectivity index (χ2v) is 5.58. The quantitative estimate of drug-likeness (QED) is 0.904.